The molecule has 2 aromatic rings. The minimum absolute atomic E-state index is 0. The molecule has 0 spiro atoms. The number of fused-ring (bicyclic) bond motifs is 3. The van der Waals surface area contributed by atoms with Crippen molar-refractivity contribution < 1.29 is 45.2 Å². The van der Waals surface area contributed by atoms with E-state index in [0.29, 0.717) is 0 Å². The minimum atomic E-state index is -1.93. The molecule has 0 saturated carbocycles. The van der Waals surface area contributed by atoms with Gasteiger partial charge in [0.2, 0.25) is 0 Å². The van der Waals surface area contributed by atoms with Crippen LogP contribution in [0.4, 0.5) is 0 Å². The number of hydrogen-bond acceptors (Lipinski definition) is 0. The summed E-state index contributed by atoms with van der Waals surface area (Å²) in [7, 11) is 0. The minimum Gasteiger partial charge on any atom is -1.00 e. The molecule has 0 radical (unpaired) electrons. The van der Waals surface area contributed by atoms with Crippen molar-refractivity contribution in [2.24, 2.45) is 0 Å². The maximum absolute atomic E-state index is 2.69. The summed E-state index contributed by atoms with van der Waals surface area (Å²) in [5.41, 5.74) is 9.37. The number of hydrogen-bond donors (Lipinski definition) is 0. The summed E-state index contributed by atoms with van der Waals surface area (Å²) in [6.07, 6.45) is 9.61. The molecule has 0 saturated heterocycles. The normalized spacial score (nSPS) is 13.8. The van der Waals surface area contributed by atoms with Gasteiger partial charge in [0.25, 0.3) is 0 Å². The van der Waals surface area contributed by atoms with Crippen molar-refractivity contribution in [1.82, 2.24) is 0 Å². The van der Waals surface area contributed by atoms with Crippen molar-refractivity contribution >= 4 is 8.70 Å². The first-order valence-corrected chi connectivity index (χ1v) is 20.5. The standard InChI is InChI=1S/C21H25.C5H5.C4H10Si.2ClH.Zr/c1-20(2,3)16-9-7-14-11-15-8-10-17(21(4,5)6)13-19(15)18(14)12-16;1-2-4-5-3-1;1-3-5-4-2;;;/h7,9-10,12-13H,11H2,1-6H3;1-3H,4H2;3-4H2,1-2H3;2*1H;/q;;;;;+2/p-2. The van der Waals surface area contributed by atoms with E-state index in [1.54, 1.807) is 22.3 Å². The molecule has 0 aromatic heterocycles. The van der Waals surface area contributed by atoms with Gasteiger partial charge in [0.15, 0.2) is 0 Å². The van der Waals surface area contributed by atoms with Crippen LogP contribution in [0.1, 0.15) is 84.1 Å². The molecule has 0 nitrogen and oxygen atoms in total. The third kappa shape index (κ3) is 5.77. The third-order valence-corrected chi connectivity index (χ3v) is 28.6. The Bertz CT molecular complexity index is 1150. The van der Waals surface area contributed by atoms with Crippen LogP contribution in [-0.2, 0) is 37.6 Å². The van der Waals surface area contributed by atoms with Gasteiger partial charge < -0.3 is 24.8 Å². The van der Waals surface area contributed by atoms with Crippen LogP contribution in [-0.4, -0.2) is 5.43 Å². The fraction of sp³-hybridized carbons (Fsp3) is 0.467. The predicted octanol–water partition coefficient (Wildman–Crippen LogP) is 1.98. The fourth-order valence-electron chi connectivity index (χ4n) is 5.22. The van der Waals surface area contributed by atoms with Crippen molar-refractivity contribution in [3.05, 3.63) is 74.1 Å². The van der Waals surface area contributed by atoms with Gasteiger partial charge >= 0.3 is 205 Å². The summed E-state index contributed by atoms with van der Waals surface area (Å²) in [5, 5.41) is 0. The van der Waals surface area contributed by atoms with Gasteiger partial charge in [0.1, 0.15) is 0 Å². The molecule has 0 heterocycles. The maximum atomic E-state index is 2.69. The van der Waals surface area contributed by atoms with Crippen molar-refractivity contribution in [1.29, 1.82) is 0 Å². The molecule has 0 fully saturated rings. The van der Waals surface area contributed by atoms with Gasteiger partial charge in [-0.2, -0.15) is 0 Å². The molecule has 0 amide bonds. The predicted molar refractivity (Wildman–Crippen MR) is 140 cm³/mol. The van der Waals surface area contributed by atoms with E-state index in [0.717, 1.165) is 6.42 Å². The molecule has 2 aliphatic carbocycles. The number of halogens is 2. The molecule has 4 heteroatoms. The molecule has 0 unspecified atom stereocenters. The Balaban J connectivity index is 0.00000204. The van der Waals surface area contributed by atoms with Gasteiger partial charge in [-0.3, -0.25) is 0 Å². The Hall–Kier alpha value is -0.400. The Morgan fingerprint density at radius 2 is 1.44 bits per heavy atom. The summed E-state index contributed by atoms with van der Waals surface area (Å²) in [6.45, 7) is 19.1. The molecule has 0 aliphatic heterocycles. The van der Waals surface area contributed by atoms with Gasteiger partial charge in [-0.05, 0) is 0 Å². The van der Waals surface area contributed by atoms with Crippen molar-refractivity contribution in [2.75, 3.05) is 0 Å². The van der Waals surface area contributed by atoms with Gasteiger partial charge in [0.05, 0.1) is 0 Å². The zero-order chi connectivity index (χ0) is 23.3. The summed E-state index contributed by atoms with van der Waals surface area (Å²) in [5.74, 6) is 0. The number of allylic oxidation sites excluding steroid dienone is 4. The van der Waals surface area contributed by atoms with Crippen LogP contribution in [0, 0.1) is 0 Å². The average Bonchev–Trinajstić information content (AvgIpc) is 3.37. The van der Waals surface area contributed by atoms with E-state index in [1.807, 2.05) is 6.55 Å². The van der Waals surface area contributed by atoms with Crippen LogP contribution in [0.25, 0.3) is 11.1 Å². The molecule has 2 aromatic carbocycles. The maximum Gasteiger partial charge on any atom is -1.00 e. The molecule has 2 aliphatic rings. The third-order valence-electron chi connectivity index (χ3n) is 7.32. The summed E-state index contributed by atoms with van der Waals surface area (Å²) in [6, 6.07) is 15.4. The summed E-state index contributed by atoms with van der Waals surface area (Å²) >= 11 is -1.93. The first-order chi connectivity index (χ1) is 15.0. The molecule has 0 N–H and O–H groups in total. The van der Waals surface area contributed by atoms with Crippen molar-refractivity contribution in [3.8, 4) is 11.1 Å². The second-order valence-corrected chi connectivity index (χ2v) is 27.1. The van der Waals surface area contributed by atoms with Crippen LogP contribution in [0.5, 0.6) is 0 Å². The van der Waals surface area contributed by atoms with E-state index in [1.165, 1.54) is 29.6 Å². The van der Waals surface area contributed by atoms with E-state index in [2.05, 4.69) is 104 Å². The molecule has 182 valence electrons. The van der Waals surface area contributed by atoms with Crippen molar-refractivity contribution in [3.63, 3.8) is 0 Å². The van der Waals surface area contributed by atoms with Gasteiger partial charge in [-0.25, -0.2) is 0 Å². The zero-order valence-electron chi connectivity index (χ0n) is 22.2. The van der Waals surface area contributed by atoms with E-state index in [9.17, 15) is 0 Å². The molecule has 0 bridgehead atoms. The van der Waals surface area contributed by atoms with E-state index in [-0.39, 0.29) is 41.1 Å². The first kappa shape index (κ1) is 29.8. The van der Waals surface area contributed by atoms with Crippen LogP contribution in [0.15, 0.2) is 51.8 Å². The zero-order valence-corrected chi connectivity index (χ0v) is 27.2. The second-order valence-electron chi connectivity index (χ2n) is 11.6. The van der Waals surface area contributed by atoms with E-state index < -0.39 is 20.4 Å². The largest absolute Gasteiger partial charge is 1.00 e. The molecule has 4 rings (SSSR count). The Morgan fingerprint density at radius 1 is 0.824 bits per heavy atom. The molecular weight excluding hydrogens is 551 g/mol. The topological polar surface area (TPSA) is 0 Å². The SMILES string of the molecule is CC[Si](CC)=[Zr+2]([C]1=CC=CC1)[c]1cc(C(C)(C)C)cc2c1Cc1ccc(C(C)(C)C)cc1-2.[Cl-].[Cl-]. The van der Waals surface area contributed by atoms with Crippen LogP contribution >= 0.6 is 0 Å². The quantitative estimate of drug-likeness (QED) is 0.408. The Kier molecular flexibility index (Phi) is 9.94. The molecule has 34 heavy (non-hydrogen) atoms. The monoisotopic (exact) mass is 588 g/mol. The average molecular weight is 591 g/mol. The summed E-state index contributed by atoms with van der Waals surface area (Å²) in [4.78, 5) is 0. The van der Waals surface area contributed by atoms with Crippen molar-refractivity contribution in [2.45, 2.75) is 91.1 Å². The first-order valence-electron chi connectivity index (χ1n) is 12.4. The smallest absolute Gasteiger partial charge is 1.00 e. The molecule has 0 atom stereocenters. The van der Waals surface area contributed by atoms with Gasteiger partial charge in [-0.15, -0.1) is 0 Å². The van der Waals surface area contributed by atoms with E-state index >= 15 is 0 Å². The molecular formula is C30H40Cl2SiZr. The Morgan fingerprint density at radius 3 is 1.97 bits per heavy atom. The van der Waals surface area contributed by atoms with Crippen LogP contribution in [0.2, 0.25) is 12.1 Å². The van der Waals surface area contributed by atoms with Gasteiger partial charge in [0, 0.05) is 0 Å². The van der Waals surface area contributed by atoms with E-state index in [4.69, 9.17) is 0 Å². The second kappa shape index (κ2) is 11.3. The Labute approximate surface area is 228 Å². The fourth-order valence-corrected chi connectivity index (χ4v) is 25.4. The van der Waals surface area contributed by atoms with Gasteiger partial charge in [-0.1, -0.05) is 0 Å². The summed E-state index contributed by atoms with van der Waals surface area (Å²) < 4.78 is 3.69. The number of rotatable bonds is 4. The number of benzene rings is 2. The van der Waals surface area contributed by atoms with Crippen LogP contribution < -0.4 is 28.1 Å². The van der Waals surface area contributed by atoms with Crippen LogP contribution in [0.3, 0.4) is 0 Å².